The zero-order chi connectivity index (χ0) is 31.5. The number of carbonyl (C=O) groups excluding carboxylic acids is 3. The summed E-state index contributed by atoms with van der Waals surface area (Å²) in [6, 6.07) is 17.7. The third kappa shape index (κ3) is 5.49. The third-order valence-electron chi connectivity index (χ3n) is 7.77. The van der Waals surface area contributed by atoms with Gasteiger partial charge in [-0.1, -0.05) is 91.3 Å². The zero-order valence-corrected chi connectivity index (χ0v) is 26.9. The Labute approximate surface area is 271 Å². The van der Waals surface area contributed by atoms with Crippen LogP contribution in [0.2, 0.25) is 10.0 Å². The van der Waals surface area contributed by atoms with E-state index in [0.29, 0.717) is 20.6 Å². The van der Waals surface area contributed by atoms with Crippen LogP contribution in [0.1, 0.15) is 42.7 Å². The molecule has 226 valence electrons. The second kappa shape index (κ2) is 11.5. The van der Waals surface area contributed by atoms with Crippen molar-refractivity contribution in [1.82, 2.24) is 4.57 Å². The lowest BCUT2D eigenvalue weighted by Crippen LogP contribution is -2.33. The van der Waals surface area contributed by atoms with Crippen LogP contribution >= 0.6 is 46.3 Å². The molecule has 7 nitrogen and oxygen atoms in total. The molecule has 3 heterocycles. The summed E-state index contributed by atoms with van der Waals surface area (Å²) in [5.74, 6) is -3.24. The number of thiazole rings is 1. The molecule has 2 aliphatic heterocycles. The second-order valence-corrected chi connectivity index (χ2v) is 14.6. The molecule has 0 bridgehead atoms. The van der Waals surface area contributed by atoms with E-state index in [2.05, 4.69) is 26.1 Å². The quantitative estimate of drug-likeness (QED) is 0.229. The van der Waals surface area contributed by atoms with Gasteiger partial charge in [0, 0.05) is 16.5 Å². The number of benzene rings is 3. The Morgan fingerprint density at radius 1 is 0.932 bits per heavy atom. The fourth-order valence-corrected chi connectivity index (χ4v) is 8.64. The number of amides is 3. The molecule has 1 saturated heterocycles. The van der Waals surface area contributed by atoms with Crippen molar-refractivity contribution >= 4 is 75.4 Å². The predicted molar refractivity (Wildman–Crippen MR) is 173 cm³/mol. The molecule has 4 aromatic rings. The summed E-state index contributed by atoms with van der Waals surface area (Å²) in [4.78, 5) is 55.7. The molecule has 3 atom stereocenters. The predicted octanol–water partition coefficient (Wildman–Crippen LogP) is 7.09. The molecule has 3 amide bonds. The van der Waals surface area contributed by atoms with Crippen LogP contribution in [0.5, 0.6) is 0 Å². The molecule has 1 fully saturated rings. The van der Waals surface area contributed by atoms with Crippen molar-refractivity contribution in [3.8, 4) is 0 Å². The number of carbonyl (C=O) groups is 3. The van der Waals surface area contributed by atoms with E-state index in [1.54, 1.807) is 12.1 Å². The highest BCUT2D eigenvalue weighted by molar-refractivity contribution is 8.00. The van der Waals surface area contributed by atoms with Crippen molar-refractivity contribution < 1.29 is 18.8 Å². The Balaban J connectivity index is 1.41. The van der Waals surface area contributed by atoms with Gasteiger partial charge in [0.05, 0.1) is 26.7 Å². The van der Waals surface area contributed by atoms with Gasteiger partial charge in [-0.3, -0.25) is 23.7 Å². The molecule has 0 unspecified atom stereocenters. The van der Waals surface area contributed by atoms with Crippen LogP contribution in [0.25, 0.3) is 0 Å². The molecule has 44 heavy (non-hydrogen) atoms. The summed E-state index contributed by atoms with van der Waals surface area (Å²) in [7, 11) is 0. The van der Waals surface area contributed by atoms with Crippen LogP contribution in [0.4, 0.5) is 15.8 Å². The molecule has 2 aliphatic rings. The van der Waals surface area contributed by atoms with E-state index in [4.69, 9.17) is 23.2 Å². The van der Waals surface area contributed by atoms with E-state index in [9.17, 15) is 23.6 Å². The van der Waals surface area contributed by atoms with Gasteiger partial charge in [-0.15, -0.1) is 0 Å². The lowest BCUT2D eigenvalue weighted by atomic mass is 9.81. The van der Waals surface area contributed by atoms with E-state index in [0.717, 1.165) is 39.1 Å². The van der Waals surface area contributed by atoms with E-state index in [-0.39, 0.29) is 27.5 Å². The number of anilines is 2. The van der Waals surface area contributed by atoms with Crippen LogP contribution in [-0.4, -0.2) is 27.5 Å². The first kappa shape index (κ1) is 30.6. The number of halogens is 3. The molecule has 0 saturated carbocycles. The Morgan fingerprint density at radius 2 is 1.61 bits per heavy atom. The van der Waals surface area contributed by atoms with Crippen molar-refractivity contribution in [1.29, 1.82) is 0 Å². The van der Waals surface area contributed by atoms with Gasteiger partial charge in [0.25, 0.3) is 0 Å². The minimum absolute atomic E-state index is 0.108. The fraction of sp³-hybridized carbons (Fsp3) is 0.250. The summed E-state index contributed by atoms with van der Waals surface area (Å²) in [5.41, 5.74) is 2.46. The molecule has 0 spiro atoms. The standard InChI is InChI=1S/C32H26Cl2FN3O4S2/c1-32(2,3)17-6-4-16(5-7-17)24-25-26(29(41)38(28(25)40)20-11-8-18(35)9-12-20)43-30-27(24)44-31(42)37(30)15-23(39)36-19-10-13-21(33)22(34)14-19/h4-14,24-26H,15H2,1-3H3,(H,36,39)/t24-,25-,26+/m0/s1. The summed E-state index contributed by atoms with van der Waals surface area (Å²) in [6.45, 7) is 5.99. The molecule has 0 aliphatic carbocycles. The van der Waals surface area contributed by atoms with Crippen LogP contribution in [0, 0.1) is 11.7 Å². The molecule has 3 aromatic carbocycles. The van der Waals surface area contributed by atoms with Gasteiger partial charge in [0.2, 0.25) is 17.7 Å². The third-order valence-corrected chi connectivity index (χ3v) is 11.1. The molecular weight excluding hydrogens is 644 g/mol. The second-order valence-electron chi connectivity index (χ2n) is 11.7. The average molecular weight is 671 g/mol. The van der Waals surface area contributed by atoms with Crippen molar-refractivity contribution in [2.24, 2.45) is 5.92 Å². The summed E-state index contributed by atoms with van der Waals surface area (Å²) in [5, 5.41) is 2.96. The topological polar surface area (TPSA) is 88.5 Å². The van der Waals surface area contributed by atoms with E-state index >= 15 is 0 Å². The largest absolute Gasteiger partial charge is 0.324 e. The lowest BCUT2D eigenvalue weighted by Gasteiger charge is -2.31. The molecule has 6 rings (SSSR count). The number of aromatic nitrogens is 1. The summed E-state index contributed by atoms with van der Waals surface area (Å²) >= 11 is 14.2. The molecular formula is C32H26Cl2FN3O4S2. The van der Waals surface area contributed by atoms with Gasteiger partial charge in [0.15, 0.2) is 0 Å². The number of nitrogens with zero attached hydrogens (tertiary/aromatic N) is 2. The summed E-state index contributed by atoms with van der Waals surface area (Å²) in [6.07, 6.45) is 0. The van der Waals surface area contributed by atoms with Gasteiger partial charge < -0.3 is 5.32 Å². The molecule has 12 heteroatoms. The van der Waals surface area contributed by atoms with Crippen molar-refractivity contribution in [2.75, 3.05) is 10.2 Å². The Kier molecular flexibility index (Phi) is 7.98. The van der Waals surface area contributed by atoms with Crippen LogP contribution in [0.3, 0.4) is 0 Å². The number of hydrogen-bond acceptors (Lipinski definition) is 6. The van der Waals surface area contributed by atoms with Gasteiger partial charge >= 0.3 is 4.87 Å². The van der Waals surface area contributed by atoms with E-state index < -0.39 is 40.6 Å². The first-order chi connectivity index (χ1) is 20.8. The fourth-order valence-electron chi connectivity index (χ4n) is 5.57. The maximum Gasteiger partial charge on any atom is 0.308 e. The highest BCUT2D eigenvalue weighted by Gasteiger charge is 2.56. The van der Waals surface area contributed by atoms with Crippen molar-refractivity contribution in [3.63, 3.8) is 0 Å². The van der Waals surface area contributed by atoms with Gasteiger partial charge in [-0.05, 0) is 59.0 Å². The SMILES string of the molecule is CC(C)(C)c1ccc([C@@H]2c3sc(=O)n(CC(=O)Nc4ccc(Cl)c(Cl)c4)c3S[C@H]3C(=O)N(c4ccc(F)cc4)C(=O)[C@@H]23)cc1. The Bertz CT molecular complexity index is 1870. The Hall–Kier alpha value is -3.44. The summed E-state index contributed by atoms with van der Waals surface area (Å²) < 4.78 is 15.0. The molecule has 1 N–H and O–H groups in total. The van der Waals surface area contributed by atoms with E-state index in [1.165, 1.54) is 34.9 Å². The number of hydrogen-bond donors (Lipinski definition) is 1. The van der Waals surface area contributed by atoms with Crippen LogP contribution < -0.4 is 15.1 Å². The zero-order valence-electron chi connectivity index (χ0n) is 23.8. The lowest BCUT2D eigenvalue weighted by molar-refractivity contribution is -0.122. The minimum Gasteiger partial charge on any atom is -0.324 e. The van der Waals surface area contributed by atoms with Gasteiger partial charge in [-0.25, -0.2) is 9.29 Å². The van der Waals surface area contributed by atoms with Crippen molar-refractivity contribution in [2.45, 2.75) is 48.9 Å². The maximum atomic E-state index is 14.0. The van der Waals surface area contributed by atoms with Gasteiger partial charge in [-0.2, -0.15) is 0 Å². The minimum atomic E-state index is -0.856. The van der Waals surface area contributed by atoms with E-state index in [1.807, 2.05) is 24.3 Å². The number of nitrogens with one attached hydrogen (secondary N) is 1. The molecule has 1 aromatic heterocycles. The first-order valence-corrected chi connectivity index (χ1v) is 16.2. The van der Waals surface area contributed by atoms with Crippen LogP contribution in [-0.2, 0) is 26.3 Å². The molecule has 0 radical (unpaired) electrons. The smallest absolute Gasteiger partial charge is 0.308 e. The number of fused-ring (bicyclic) bond motifs is 2. The number of rotatable bonds is 5. The Morgan fingerprint density at radius 3 is 2.25 bits per heavy atom. The highest BCUT2D eigenvalue weighted by Crippen LogP contribution is 2.54. The van der Waals surface area contributed by atoms with Crippen LogP contribution in [0.15, 0.2) is 76.6 Å². The maximum absolute atomic E-state index is 14.0. The highest BCUT2D eigenvalue weighted by atomic mass is 35.5. The average Bonchev–Trinajstić information content (AvgIpc) is 3.41. The van der Waals surface area contributed by atoms with Crippen molar-refractivity contribution in [3.05, 3.63) is 108 Å². The first-order valence-electron chi connectivity index (χ1n) is 13.7. The number of thioether (sulfide) groups is 1. The normalized spacial score (nSPS) is 19.6. The number of imide groups is 1. The monoisotopic (exact) mass is 669 g/mol. The van der Waals surface area contributed by atoms with Gasteiger partial charge in [0.1, 0.15) is 17.6 Å².